The SMILES string of the molecule is Fc1c(OCc2ccccc2)cccc1C(F)(F)F. The lowest BCUT2D eigenvalue weighted by atomic mass is 10.2. The van der Waals surface area contributed by atoms with Gasteiger partial charge in [-0.25, -0.2) is 4.39 Å². The summed E-state index contributed by atoms with van der Waals surface area (Å²) in [7, 11) is 0. The zero-order valence-corrected chi connectivity index (χ0v) is 9.75. The van der Waals surface area contributed by atoms with Gasteiger partial charge in [0.05, 0.1) is 5.56 Å². The van der Waals surface area contributed by atoms with Gasteiger partial charge in [-0.3, -0.25) is 0 Å². The van der Waals surface area contributed by atoms with Crippen molar-refractivity contribution in [2.45, 2.75) is 12.8 Å². The van der Waals surface area contributed by atoms with Crippen LogP contribution in [0.1, 0.15) is 11.1 Å². The highest BCUT2D eigenvalue weighted by atomic mass is 19.4. The average Bonchev–Trinajstić information content (AvgIpc) is 2.37. The van der Waals surface area contributed by atoms with Crippen LogP contribution in [-0.4, -0.2) is 0 Å². The number of benzene rings is 2. The molecule has 5 heteroatoms. The smallest absolute Gasteiger partial charge is 0.419 e. The molecule has 100 valence electrons. The summed E-state index contributed by atoms with van der Waals surface area (Å²) in [5.74, 6) is -1.79. The van der Waals surface area contributed by atoms with Crippen LogP contribution in [0.3, 0.4) is 0 Å². The Kier molecular flexibility index (Phi) is 3.74. The fourth-order valence-corrected chi connectivity index (χ4v) is 1.58. The molecule has 0 saturated heterocycles. The monoisotopic (exact) mass is 270 g/mol. The second-order valence-corrected chi connectivity index (χ2v) is 3.89. The van der Waals surface area contributed by atoms with Gasteiger partial charge in [0, 0.05) is 0 Å². The Morgan fingerprint density at radius 1 is 0.895 bits per heavy atom. The van der Waals surface area contributed by atoms with E-state index in [1.54, 1.807) is 30.3 Å². The van der Waals surface area contributed by atoms with E-state index in [0.29, 0.717) is 6.07 Å². The maximum absolute atomic E-state index is 13.6. The Bertz CT molecular complexity index is 549. The van der Waals surface area contributed by atoms with Gasteiger partial charge in [-0.05, 0) is 17.7 Å². The summed E-state index contributed by atoms with van der Waals surface area (Å²) in [4.78, 5) is 0. The molecule has 0 amide bonds. The topological polar surface area (TPSA) is 9.23 Å². The molecule has 0 N–H and O–H groups in total. The average molecular weight is 270 g/mol. The first-order valence-electron chi connectivity index (χ1n) is 5.51. The molecule has 1 nitrogen and oxygen atoms in total. The molecule has 0 fully saturated rings. The van der Waals surface area contributed by atoms with Gasteiger partial charge >= 0.3 is 6.18 Å². The van der Waals surface area contributed by atoms with E-state index in [1.807, 2.05) is 0 Å². The highest BCUT2D eigenvalue weighted by molar-refractivity contribution is 5.33. The van der Waals surface area contributed by atoms with Crippen molar-refractivity contribution in [3.63, 3.8) is 0 Å². The molecule has 2 aromatic rings. The minimum Gasteiger partial charge on any atom is -0.486 e. The second kappa shape index (κ2) is 5.30. The number of hydrogen-bond acceptors (Lipinski definition) is 1. The van der Waals surface area contributed by atoms with E-state index in [0.717, 1.165) is 11.6 Å². The number of hydrogen-bond donors (Lipinski definition) is 0. The van der Waals surface area contributed by atoms with E-state index in [9.17, 15) is 17.6 Å². The van der Waals surface area contributed by atoms with Crippen LogP contribution in [0.5, 0.6) is 5.75 Å². The van der Waals surface area contributed by atoms with Gasteiger partial charge in [-0.1, -0.05) is 36.4 Å². The van der Waals surface area contributed by atoms with Gasteiger partial charge < -0.3 is 4.74 Å². The largest absolute Gasteiger partial charge is 0.486 e. The summed E-state index contributed by atoms with van der Waals surface area (Å²) in [6.45, 7) is 0.0130. The summed E-state index contributed by atoms with van der Waals surface area (Å²) in [6.07, 6.45) is -4.73. The quantitative estimate of drug-likeness (QED) is 0.750. The predicted molar refractivity (Wildman–Crippen MR) is 62.2 cm³/mol. The first-order chi connectivity index (χ1) is 8.98. The molecule has 2 rings (SSSR count). The van der Waals surface area contributed by atoms with Crippen molar-refractivity contribution < 1.29 is 22.3 Å². The fourth-order valence-electron chi connectivity index (χ4n) is 1.58. The van der Waals surface area contributed by atoms with Crippen LogP contribution in [0.25, 0.3) is 0 Å². The first kappa shape index (κ1) is 13.4. The highest BCUT2D eigenvalue weighted by Crippen LogP contribution is 2.34. The zero-order chi connectivity index (χ0) is 13.9. The van der Waals surface area contributed by atoms with Crippen molar-refractivity contribution in [2.75, 3.05) is 0 Å². The minimum atomic E-state index is -4.73. The van der Waals surface area contributed by atoms with Crippen molar-refractivity contribution in [1.29, 1.82) is 0 Å². The normalized spacial score (nSPS) is 11.4. The van der Waals surface area contributed by atoms with E-state index >= 15 is 0 Å². The molecule has 0 spiro atoms. The van der Waals surface area contributed by atoms with E-state index in [1.165, 1.54) is 6.07 Å². The number of ether oxygens (including phenoxy) is 1. The van der Waals surface area contributed by atoms with Crippen LogP contribution in [0.2, 0.25) is 0 Å². The van der Waals surface area contributed by atoms with Crippen LogP contribution >= 0.6 is 0 Å². The summed E-state index contributed by atoms with van der Waals surface area (Å²) in [5, 5.41) is 0. The number of alkyl halides is 3. The Hall–Kier alpha value is -2.04. The van der Waals surface area contributed by atoms with E-state index in [-0.39, 0.29) is 6.61 Å². The molecular formula is C14H10F4O. The van der Waals surface area contributed by atoms with Crippen LogP contribution in [-0.2, 0) is 12.8 Å². The molecule has 19 heavy (non-hydrogen) atoms. The highest BCUT2D eigenvalue weighted by Gasteiger charge is 2.35. The summed E-state index contributed by atoms with van der Waals surface area (Å²) < 4.78 is 56.2. The second-order valence-electron chi connectivity index (χ2n) is 3.89. The molecule has 0 aliphatic heterocycles. The molecular weight excluding hydrogens is 260 g/mol. The molecule has 0 unspecified atom stereocenters. The van der Waals surface area contributed by atoms with E-state index < -0.39 is 23.3 Å². The van der Waals surface area contributed by atoms with Crippen molar-refractivity contribution in [1.82, 2.24) is 0 Å². The molecule has 0 heterocycles. The zero-order valence-electron chi connectivity index (χ0n) is 9.75. The van der Waals surface area contributed by atoms with E-state index in [4.69, 9.17) is 4.74 Å². The van der Waals surface area contributed by atoms with Gasteiger partial charge in [0.1, 0.15) is 6.61 Å². The first-order valence-corrected chi connectivity index (χ1v) is 5.51. The number of rotatable bonds is 3. The lowest BCUT2D eigenvalue weighted by molar-refractivity contribution is -0.140. The summed E-state index contributed by atoms with van der Waals surface area (Å²) in [5.41, 5.74) is -0.572. The summed E-state index contributed by atoms with van der Waals surface area (Å²) >= 11 is 0. The Labute approximate surface area is 107 Å². The van der Waals surface area contributed by atoms with Crippen LogP contribution in [0, 0.1) is 5.82 Å². The lowest BCUT2D eigenvalue weighted by Crippen LogP contribution is -2.09. The molecule has 0 bridgehead atoms. The Morgan fingerprint density at radius 2 is 1.58 bits per heavy atom. The Morgan fingerprint density at radius 3 is 2.21 bits per heavy atom. The maximum Gasteiger partial charge on any atom is 0.419 e. The van der Waals surface area contributed by atoms with Crippen molar-refractivity contribution in [3.8, 4) is 5.75 Å². The maximum atomic E-state index is 13.6. The van der Waals surface area contributed by atoms with Crippen molar-refractivity contribution >= 4 is 0 Å². The molecule has 0 aliphatic rings. The Balaban J connectivity index is 2.18. The third-order valence-electron chi connectivity index (χ3n) is 2.51. The lowest BCUT2D eigenvalue weighted by Gasteiger charge is -2.12. The fraction of sp³-hybridized carbons (Fsp3) is 0.143. The predicted octanol–water partition coefficient (Wildman–Crippen LogP) is 4.42. The van der Waals surface area contributed by atoms with Gasteiger partial charge in [-0.2, -0.15) is 13.2 Å². The number of halogens is 4. The molecule has 0 aromatic heterocycles. The minimum absolute atomic E-state index is 0.0130. The van der Waals surface area contributed by atoms with Crippen molar-refractivity contribution in [3.05, 3.63) is 65.5 Å². The summed E-state index contributed by atoms with van der Waals surface area (Å²) in [6, 6.07) is 11.8. The molecule has 0 aliphatic carbocycles. The van der Waals surface area contributed by atoms with Gasteiger partial charge in [-0.15, -0.1) is 0 Å². The van der Waals surface area contributed by atoms with Gasteiger partial charge in [0.15, 0.2) is 11.6 Å². The van der Waals surface area contributed by atoms with Crippen molar-refractivity contribution in [2.24, 2.45) is 0 Å². The van der Waals surface area contributed by atoms with E-state index in [2.05, 4.69) is 0 Å². The van der Waals surface area contributed by atoms with Crippen LogP contribution in [0.4, 0.5) is 17.6 Å². The third-order valence-corrected chi connectivity index (χ3v) is 2.51. The van der Waals surface area contributed by atoms with Crippen LogP contribution < -0.4 is 4.74 Å². The van der Waals surface area contributed by atoms with Crippen LogP contribution in [0.15, 0.2) is 48.5 Å². The molecule has 0 saturated carbocycles. The van der Waals surface area contributed by atoms with Gasteiger partial charge in [0.25, 0.3) is 0 Å². The van der Waals surface area contributed by atoms with Gasteiger partial charge in [0.2, 0.25) is 0 Å². The standard InChI is InChI=1S/C14H10F4O/c15-13-11(14(16,17)18)7-4-8-12(13)19-9-10-5-2-1-3-6-10/h1-8H,9H2. The molecule has 0 radical (unpaired) electrons. The molecule has 2 aromatic carbocycles. The molecule has 0 atom stereocenters. The third kappa shape index (κ3) is 3.24.